The molecule has 0 amide bonds. The Morgan fingerprint density at radius 3 is 1.90 bits per heavy atom. The van der Waals surface area contributed by atoms with E-state index < -0.39 is 206 Å². The van der Waals surface area contributed by atoms with Gasteiger partial charge in [0.1, 0.15) is 109 Å². The number of cyclic esters (lactones) is 1. The van der Waals surface area contributed by atoms with Crippen LogP contribution in [0, 0.1) is 39.4 Å². The van der Waals surface area contributed by atoms with Crippen molar-refractivity contribution >= 4 is 16.4 Å². The normalized spacial score (nSPS) is 50.5. The average Bonchev–Trinajstić information content (AvgIpc) is 1.56. The van der Waals surface area contributed by atoms with Crippen LogP contribution in [0.5, 0.6) is 0 Å². The number of aliphatic hydroxyl groups excluding tert-OH is 11. The maximum atomic E-state index is 14.5. The van der Waals surface area contributed by atoms with E-state index in [1.165, 1.54) is 19.6 Å². The van der Waals surface area contributed by atoms with Gasteiger partial charge in [0.15, 0.2) is 31.5 Å². The summed E-state index contributed by atoms with van der Waals surface area (Å²) < 4.78 is 114. The molecule has 4 aliphatic carbocycles. The Labute approximate surface area is 540 Å². The third kappa shape index (κ3) is 13.0. The number of carbonyl (C=O) groups is 1. The van der Waals surface area contributed by atoms with Gasteiger partial charge in [0.2, 0.25) is 10.4 Å². The molecule has 0 unspecified atom stereocenters. The van der Waals surface area contributed by atoms with Crippen LogP contribution in [0.4, 0.5) is 0 Å². The second-order valence-corrected chi connectivity index (χ2v) is 28.6. The summed E-state index contributed by atoms with van der Waals surface area (Å²) in [6, 6.07) is 0. The summed E-state index contributed by atoms with van der Waals surface area (Å²) in [6.45, 7) is 15.4. The molecule has 9 fully saturated rings. The van der Waals surface area contributed by atoms with E-state index in [-0.39, 0.29) is 58.7 Å². The first-order valence-corrected chi connectivity index (χ1v) is 32.2. The Bertz CT molecular complexity index is 2620. The monoisotopic (exact) mass is 1300 g/mol. The van der Waals surface area contributed by atoms with E-state index in [1.54, 1.807) is 0 Å². The number of aliphatic hydroxyl groups is 11. The Balaban J connectivity index is 0.00000941. The van der Waals surface area contributed by atoms with Crippen molar-refractivity contribution in [2.45, 2.75) is 266 Å². The maximum Gasteiger partial charge on any atom is 1.00 e. The predicted molar refractivity (Wildman–Crippen MR) is 296 cm³/mol. The molecule has 6 saturated heterocycles. The van der Waals surface area contributed by atoms with Gasteiger partial charge in [-0.2, -0.15) is 0 Å². The minimum atomic E-state index is -5.50. The number of hydrogen-bond acceptors (Lipinski definition) is 28. The van der Waals surface area contributed by atoms with E-state index in [2.05, 4.69) is 47.3 Å². The molecular formula is C59H93NaO28S. The van der Waals surface area contributed by atoms with Gasteiger partial charge in [-0.1, -0.05) is 44.9 Å². The second kappa shape index (κ2) is 27.5. The van der Waals surface area contributed by atoms with Crippen LogP contribution < -0.4 is 29.6 Å². The van der Waals surface area contributed by atoms with Gasteiger partial charge < -0.3 is 118 Å². The largest absolute Gasteiger partial charge is 1.00 e. The molecule has 6 aliphatic heterocycles. The second-order valence-electron chi connectivity index (χ2n) is 27.6. The maximum absolute atomic E-state index is 14.5. The van der Waals surface area contributed by atoms with Crippen molar-refractivity contribution in [3.05, 3.63) is 23.8 Å². The smallest absolute Gasteiger partial charge is 0.726 e. The fraction of sp³-hybridized carbons (Fsp3) is 0.915. The van der Waals surface area contributed by atoms with E-state index in [9.17, 15) is 73.9 Å². The molecule has 11 N–H and O–H groups in total. The van der Waals surface area contributed by atoms with Gasteiger partial charge in [-0.15, -0.1) is 6.58 Å². The number of hydrogen-bond donors (Lipinski definition) is 11. The first-order chi connectivity index (χ1) is 41.3. The molecule has 10 rings (SSSR count). The van der Waals surface area contributed by atoms with Crippen molar-refractivity contribution in [3.8, 4) is 0 Å². The quantitative estimate of drug-likeness (QED) is 0.0191. The summed E-state index contributed by atoms with van der Waals surface area (Å²) in [5.74, 6) is 0.111. The van der Waals surface area contributed by atoms with Crippen molar-refractivity contribution in [2.75, 3.05) is 33.5 Å². The number of rotatable bonds is 19. The van der Waals surface area contributed by atoms with Gasteiger partial charge in [0.25, 0.3) is 0 Å². The molecule has 0 aromatic rings. The van der Waals surface area contributed by atoms with Crippen LogP contribution in [0.2, 0.25) is 0 Å². The minimum Gasteiger partial charge on any atom is -0.726 e. The fourth-order valence-corrected chi connectivity index (χ4v) is 17.9. The van der Waals surface area contributed by atoms with Gasteiger partial charge in [-0.3, -0.25) is 8.98 Å². The molecule has 0 radical (unpaired) electrons. The Hall–Kier alpha value is -1.06. The van der Waals surface area contributed by atoms with Crippen molar-refractivity contribution in [2.24, 2.45) is 39.4 Å². The molecule has 0 aromatic carbocycles. The van der Waals surface area contributed by atoms with E-state index >= 15 is 0 Å². The summed E-state index contributed by atoms with van der Waals surface area (Å²) >= 11 is 0. The van der Waals surface area contributed by atoms with E-state index in [1.807, 2.05) is 6.92 Å². The van der Waals surface area contributed by atoms with Crippen molar-refractivity contribution in [1.82, 2.24) is 0 Å². The van der Waals surface area contributed by atoms with Gasteiger partial charge in [-0.05, 0) is 108 Å². The number of ether oxygens (including phenoxy) is 12. The van der Waals surface area contributed by atoms with Crippen LogP contribution in [-0.4, -0.2) is 262 Å². The van der Waals surface area contributed by atoms with Crippen molar-refractivity contribution < 1.29 is 165 Å². The molecule has 0 aromatic heterocycles. The topological polar surface area (TPSA) is 417 Å². The number of carbonyl (C=O) groups excluding carboxylic acids is 1. The van der Waals surface area contributed by atoms with Crippen LogP contribution >= 0.6 is 0 Å². The molecule has 1 spiro atoms. The molecule has 3 saturated carbocycles. The Morgan fingerprint density at radius 1 is 0.674 bits per heavy atom. The third-order valence-corrected chi connectivity index (χ3v) is 22.6. The summed E-state index contributed by atoms with van der Waals surface area (Å²) in [4.78, 5) is 14.5. The molecule has 30 heteroatoms. The zero-order valence-corrected chi connectivity index (χ0v) is 54.9. The molecule has 89 heavy (non-hydrogen) atoms. The molecule has 28 nitrogen and oxygen atoms in total. The Morgan fingerprint density at radius 2 is 1.27 bits per heavy atom. The van der Waals surface area contributed by atoms with Gasteiger partial charge >= 0.3 is 35.5 Å². The SMILES string of the molecule is C=C(C)CCC[C@]1(C)OC(=O)[C@]23CC[C@H]4C(=CC[C@H]5C(C)(C)[C@@H](O[C@@H]6OC[C@@H](OS(=O)(=O)[O-])[C@H](O)[C@H]6O[C@@H]6O[C@H](C)[C@@H](O[C@@H]7O[C@H](CO)[C@@H](O)[C@H](O[C@@H]8O[C@H](CO)[C@@H](O)[C@H](OC)[C@H]8O)[C@H]7O)[C@H](O)[C@H]6O[C@@H]6OC[C@@H](O)[C@H](O)[C@H]6O)CC[C@]45C)[C@]2(C)CC[C@@H]31.[Na+]. The molecule has 10 aliphatic rings. The van der Waals surface area contributed by atoms with Crippen LogP contribution in [0.25, 0.3) is 0 Å². The first kappa shape index (κ1) is 72.2. The summed E-state index contributed by atoms with van der Waals surface area (Å²) in [7, 11) is -4.33. The van der Waals surface area contributed by atoms with Gasteiger partial charge in [0, 0.05) is 18.4 Å². The van der Waals surface area contributed by atoms with Crippen LogP contribution in [0.3, 0.4) is 0 Å². The molecular weight excluding hydrogens is 1210 g/mol. The standard InChI is InChI=1S/C59H94O28S.Na/c1-25(2)11-10-17-58(8)34-15-19-57(7)28-12-13-33-55(4,5)35(16-18-56(33,6)27(28)14-20-59(34,57)54(71)86-58)81-52-47(39(66)32(24-77-52)87-88(72,73)74)85-53-48(84-49-40(67)36(63)29(62)23-76-49)41(68)44(26(3)78-53)82-51-43(70)46(38(65)31(22-61)80-51)83-50-42(69)45(75-9)37(64)30(21-60)79-50;/h12,26-27,29-53,60-70H,1,10-11,13-24H2,2-9H3,(H,72,73,74);/q;+1/p-1/t26-,27+,29-,30-,31-,32-,33+,34-,35+,36+,37-,38-,39+,40-,41+,42-,43-,44-,45+,46+,47-,48-,49+,50+,51+,52+,53+,56-,57+,58+,59-;/m1./s1. The van der Waals surface area contributed by atoms with Crippen molar-refractivity contribution in [1.29, 1.82) is 0 Å². The first-order valence-electron chi connectivity index (χ1n) is 30.9. The van der Waals surface area contributed by atoms with E-state index in [4.69, 9.17) is 61.0 Å². The third-order valence-electron chi connectivity index (χ3n) is 22.1. The summed E-state index contributed by atoms with van der Waals surface area (Å²) in [5.41, 5.74) is -0.134. The van der Waals surface area contributed by atoms with E-state index in [0.717, 1.165) is 44.1 Å². The number of methoxy groups -OCH3 is 1. The molecule has 6 heterocycles. The number of allylic oxidation sites excluding steroid dienone is 3. The predicted octanol–water partition coefficient (Wildman–Crippen LogP) is -4.44. The Kier molecular flexibility index (Phi) is 22.3. The molecule has 504 valence electrons. The summed E-state index contributed by atoms with van der Waals surface area (Å²) in [6.07, 6.45) is -31.5. The number of fused-ring (bicyclic) bond motifs is 4. The van der Waals surface area contributed by atoms with Gasteiger partial charge in [-0.25, -0.2) is 8.42 Å². The summed E-state index contributed by atoms with van der Waals surface area (Å²) in [5, 5.41) is 122. The zero-order chi connectivity index (χ0) is 64.1. The van der Waals surface area contributed by atoms with Crippen molar-refractivity contribution in [3.63, 3.8) is 0 Å². The van der Waals surface area contributed by atoms with Crippen LogP contribution in [0.15, 0.2) is 23.8 Å². The average molecular weight is 1310 g/mol. The minimum absolute atomic E-state index is 0. The fourth-order valence-electron chi connectivity index (χ4n) is 17.4. The number of esters is 1. The van der Waals surface area contributed by atoms with Crippen LogP contribution in [-0.2, 0) is 76.2 Å². The van der Waals surface area contributed by atoms with Crippen LogP contribution in [0.1, 0.15) is 113 Å². The molecule has 31 atom stereocenters. The molecule has 0 bridgehead atoms. The van der Waals surface area contributed by atoms with Gasteiger partial charge in [0.05, 0.1) is 44.1 Å². The zero-order valence-electron chi connectivity index (χ0n) is 52.0. The van der Waals surface area contributed by atoms with E-state index in [0.29, 0.717) is 25.7 Å².